The van der Waals surface area contributed by atoms with Crippen LogP contribution in [0.3, 0.4) is 0 Å². The number of carbonyl (C=O) groups is 1. The zero-order chi connectivity index (χ0) is 17.6. The standard InChI is InChI=1S/C18H20N4O3/c1-10-6-7-16(24-10)13-9-14(20-19-13)18(23)22-8-4-5-15(22)17-11(2)21-25-12(17)3/h6-7,9,15H,4-5,8H2,1-3H3,(H,19,20)/t15-/m1/s1. The average molecular weight is 340 g/mol. The van der Waals surface area contributed by atoms with E-state index in [0.29, 0.717) is 23.7 Å². The second-order valence-electron chi connectivity index (χ2n) is 6.47. The Hall–Kier alpha value is -2.83. The lowest BCUT2D eigenvalue weighted by Gasteiger charge is -2.23. The molecule has 0 bridgehead atoms. The summed E-state index contributed by atoms with van der Waals surface area (Å²) in [6.07, 6.45) is 1.86. The number of hydrogen-bond donors (Lipinski definition) is 1. The number of likely N-dealkylation sites (tertiary alicyclic amines) is 1. The summed E-state index contributed by atoms with van der Waals surface area (Å²) in [7, 11) is 0. The van der Waals surface area contributed by atoms with Crippen molar-refractivity contribution in [3.63, 3.8) is 0 Å². The SMILES string of the molecule is Cc1ccc(-c2cc(C(=O)N3CCC[C@@H]3c3c(C)noc3C)n[nH]2)o1. The fraction of sp³-hybridized carbons (Fsp3) is 0.389. The fourth-order valence-electron chi connectivity index (χ4n) is 3.56. The number of rotatable bonds is 3. The lowest BCUT2D eigenvalue weighted by Crippen LogP contribution is -2.31. The van der Waals surface area contributed by atoms with Crippen molar-refractivity contribution in [2.75, 3.05) is 6.54 Å². The lowest BCUT2D eigenvalue weighted by atomic mass is 10.0. The van der Waals surface area contributed by atoms with Gasteiger partial charge in [-0.1, -0.05) is 5.16 Å². The van der Waals surface area contributed by atoms with E-state index in [0.717, 1.165) is 35.6 Å². The molecule has 1 fully saturated rings. The van der Waals surface area contributed by atoms with E-state index in [2.05, 4.69) is 15.4 Å². The number of aryl methyl sites for hydroxylation is 3. The Balaban J connectivity index is 1.61. The van der Waals surface area contributed by atoms with Gasteiger partial charge >= 0.3 is 0 Å². The molecular weight excluding hydrogens is 320 g/mol. The molecular formula is C18H20N4O3. The van der Waals surface area contributed by atoms with E-state index in [-0.39, 0.29) is 11.9 Å². The van der Waals surface area contributed by atoms with E-state index in [4.69, 9.17) is 8.94 Å². The molecule has 7 heteroatoms. The van der Waals surface area contributed by atoms with Crippen LogP contribution in [0.25, 0.3) is 11.5 Å². The van der Waals surface area contributed by atoms with Gasteiger partial charge in [-0.2, -0.15) is 5.10 Å². The number of aromatic nitrogens is 3. The summed E-state index contributed by atoms with van der Waals surface area (Å²) in [6, 6.07) is 5.47. The maximum absolute atomic E-state index is 13.0. The molecule has 0 spiro atoms. The Kier molecular flexibility index (Phi) is 3.71. The van der Waals surface area contributed by atoms with Crippen molar-refractivity contribution >= 4 is 5.91 Å². The molecule has 1 atom stereocenters. The number of furan rings is 1. The van der Waals surface area contributed by atoms with Crippen LogP contribution < -0.4 is 0 Å². The molecule has 7 nitrogen and oxygen atoms in total. The van der Waals surface area contributed by atoms with Crippen molar-refractivity contribution in [2.45, 2.75) is 39.7 Å². The van der Waals surface area contributed by atoms with Crippen molar-refractivity contribution in [1.29, 1.82) is 0 Å². The average Bonchev–Trinajstić information content (AvgIpc) is 3.34. The van der Waals surface area contributed by atoms with Crippen LogP contribution in [-0.4, -0.2) is 32.7 Å². The van der Waals surface area contributed by atoms with Crippen LogP contribution in [0.1, 0.15) is 52.1 Å². The van der Waals surface area contributed by atoms with Gasteiger partial charge in [0.05, 0.1) is 11.7 Å². The third-order valence-corrected chi connectivity index (χ3v) is 4.74. The monoisotopic (exact) mass is 340 g/mol. The summed E-state index contributed by atoms with van der Waals surface area (Å²) in [5.41, 5.74) is 2.95. The second-order valence-corrected chi connectivity index (χ2v) is 6.47. The highest BCUT2D eigenvalue weighted by Crippen LogP contribution is 2.36. The Bertz CT molecular complexity index is 901. The molecule has 0 unspecified atom stereocenters. The van der Waals surface area contributed by atoms with Gasteiger partial charge in [-0.3, -0.25) is 9.89 Å². The Labute approximate surface area is 145 Å². The topological polar surface area (TPSA) is 88.2 Å². The van der Waals surface area contributed by atoms with E-state index in [1.165, 1.54) is 0 Å². The number of aromatic amines is 1. The van der Waals surface area contributed by atoms with Crippen LogP contribution >= 0.6 is 0 Å². The highest BCUT2D eigenvalue weighted by molar-refractivity contribution is 5.93. The van der Waals surface area contributed by atoms with E-state index in [9.17, 15) is 4.79 Å². The van der Waals surface area contributed by atoms with Crippen LogP contribution in [0.4, 0.5) is 0 Å². The van der Waals surface area contributed by atoms with Crippen LogP contribution in [-0.2, 0) is 0 Å². The zero-order valence-electron chi connectivity index (χ0n) is 14.5. The van der Waals surface area contributed by atoms with Crippen molar-refractivity contribution in [1.82, 2.24) is 20.3 Å². The summed E-state index contributed by atoms with van der Waals surface area (Å²) in [5.74, 6) is 2.17. The molecule has 1 aliphatic rings. The van der Waals surface area contributed by atoms with E-state index < -0.39 is 0 Å². The maximum Gasteiger partial charge on any atom is 0.274 e. The molecule has 1 amide bonds. The van der Waals surface area contributed by atoms with Crippen molar-refractivity contribution in [3.05, 3.63) is 46.7 Å². The smallest absolute Gasteiger partial charge is 0.274 e. The van der Waals surface area contributed by atoms with E-state index >= 15 is 0 Å². The van der Waals surface area contributed by atoms with Gasteiger partial charge in [0.2, 0.25) is 0 Å². The minimum Gasteiger partial charge on any atom is -0.460 e. The second kappa shape index (κ2) is 5.91. The quantitative estimate of drug-likeness (QED) is 0.787. The predicted molar refractivity (Wildman–Crippen MR) is 90.0 cm³/mol. The van der Waals surface area contributed by atoms with Gasteiger partial charge in [-0.25, -0.2) is 0 Å². The molecule has 3 aromatic rings. The minimum absolute atomic E-state index is 0.00948. The van der Waals surface area contributed by atoms with E-state index in [1.807, 2.05) is 37.8 Å². The van der Waals surface area contributed by atoms with Gasteiger partial charge in [0.15, 0.2) is 11.5 Å². The first-order valence-corrected chi connectivity index (χ1v) is 8.40. The van der Waals surface area contributed by atoms with Gasteiger partial charge in [0.25, 0.3) is 5.91 Å². The highest BCUT2D eigenvalue weighted by Gasteiger charge is 2.35. The van der Waals surface area contributed by atoms with Crippen molar-refractivity contribution in [3.8, 4) is 11.5 Å². The third-order valence-electron chi connectivity index (χ3n) is 4.74. The summed E-state index contributed by atoms with van der Waals surface area (Å²) in [5, 5.41) is 11.1. The van der Waals surface area contributed by atoms with Gasteiger partial charge < -0.3 is 13.8 Å². The predicted octanol–water partition coefficient (Wildman–Crippen LogP) is 3.56. The molecule has 0 radical (unpaired) electrons. The fourth-order valence-corrected chi connectivity index (χ4v) is 3.56. The summed E-state index contributed by atoms with van der Waals surface area (Å²) in [6.45, 7) is 6.39. The van der Waals surface area contributed by atoms with Crippen molar-refractivity contribution in [2.24, 2.45) is 0 Å². The molecule has 4 rings (SSSR count). The Morgan fingerprint density at radius 1 is 1.32 bits per heavy atom. The van der Waals surface area contributed by atoms with Crippen LogP contribution in [0.15, 0.2) is 27.1 Å². The van der Waals surface area contributed by atoms with Crippen molar-refractivity contribution < 1.29 is 13.7 Å². The van der Waals surface area contributed by atoms with Gasteiger partial charge in [-0.15, -0.1) is 0 Å². The highest BCUT2D eigenvalue weighted by atomic mass is 16.5. The number of carbonyl (C=O) groups excluding carboxylic acids is 1. The normalized spacial score (nSPS) is 17.4. The molecule has 1 aliphatic heterocycles. The molecule has 4 heterocycles. The Morgan fingerprint density at radius 2 is 2.16 bits per heavy atom. The molecule has 0 aliphatic carbocycles. The minimum atomic E-state index is -0.0896. The number of amides is 1. The lowest BCUT2D eigenvalue weighted by molar-refractivity contribution is 0.0728. The Morgan fingerprint density at radius 3 is 2.84 bits per heavy atom. The first kappa shape index (κ1) is 15.7. The zero-order valence-corrected chi connectivity index (χ0v) is 14.5. The third kappa shape index (κ3) is 2.65. The molecule has 130 valence electrons. The van der Waals surface area contributed by atoms with Gasteiger partial charge in [0, 0.05) is 18.2 Å². The van der Waals surface area contributed by atoms with Crippen LogP contribution in [0, 0.1) is 20.8 Å². The van der Waals surface area contributed by atoms with Gasteiger partial charge in [-0.05, 0) is 45.7 Å². The summed E-state index contributed by atoms with van der Waals surface area (Å²) in [4.78, 5) is 14.8. The largest absolute Gasteiger partial charge is 0.460 e. The molecule has 1 saturated heterocycles. The molecule has 0 saturated carbocycles. The maximum atomic E-state index is 13.0. The van der Waals surface area contributed by atoms with Crippen LogP contribution in [0.5, 0.6) is 0 Å². The van der Waals surface area contributed by atoms with Gasteiger partial charge in [0.1, 0.15) is 17.2 Å². The summed E-state index contributed by atoms with van der Waals surface area (Å²) < 4.78 is 10.9. The molecule has 25 heavy (non-hydrogen) atoms. The number of hydrogen-bond acceptors (Lipinski definition) is 5. The molecule has 3 aromatic heterocycles. The molecule has 0 aromatic carbocycles. The number of nitrogens with one attached hydrogen (secondary N) is 1. The summed E-state index contributed by atoms with van der Waals surface area (Å²) >= 11 is 0. The van der Waals surface area contributed by atoms with Crippen LogP contribution in [0.2, 0.25) is 0 Å². The number of H-pyrrole nitrogens is 1. The molecule has 1 N–H and O–H groups in total. The first-order valence-electron chi connectivity index (χ1n) is 8.40. The number of nitrogens with zero attached hydrogens (tertiary/aromatic N) is 3. The first-order chi connectivity index (χ1) is 12.0. The van der Waals surface area contributed by atoms with E-state index in [1.54, 1.807) is 6.07 Å².